The largest absolute Gasteiger partial charge is 0.484 e. The summed E-state index contributed by atoms with van der Waals surface area (Å²) in [6, 6.07) is 17.8. The summed E-state index contributed by atoms with van der Waals surface area (Å²) in [5.74, 6) is 1.82. The van der Waals surface area contributed by atoms with E-state index in [4.69, 9.17) is 9.15 Å². The van der Waals surface area contributed by atoms with E-state index in [-0.39, 0.29) is 36.5 Å². The van der Waals surface area contributed by atoms with E-state index in [1.54, 1.807) is 13.3 Å². The molecular formula is C24H28IN5O3. The molecule has 174 valence electrons. The van der Waals surface area contributed by atoms with Crippen molar-refractivity contribution in [2.24, 2.45) is 4.99 Å². The van der Waals surface area contributed by atoms with E-state index in [2.05, 4.69) is 25.9 Å². The van der Waals surface area contributed by atoms with Crippen LogP contribution in [0, 0.1) is 0 Å². The summed E-state index contributed by atoms with van der Waals surface area (Å²) in [5, 5.41) is 9.41. The molecule has 4 rings (SSSR count). The second-order valence-electron chi connectivity index (χ2n) is 7.57. The van der Waals surface area contributed by atoms with Gasteiger partial charge in [0, 0.05) is 25.2 Å². The first-order valence-corrected chi connectivity index (χ1v) is 10.6. The molecule has 1 amide bonds. The molecule has 0 spiro atoms. The maximum Gasteiger partial charge on any atom is 0.258 e. The molecule has 2 aromatic carbocycles. The van der Waals surface area contributed by atoms with Gasteiger partial charge >= 0.3 is 0 Å². The van der Waals surface area contributed by atoms with Crippen LogP contribution < -0.4 is 20.7 Å². The minimum Gasteiger partial charge on any atom is -0.484 e. The standard InChI is InChI=1S/C24H27N5O3.HI/c1-25-24(27-14-20-15-32-23(29-20)18-7-3-2-4-8-18)26-13-17-6-5-9-21(12-17)31-16-22(30)28-19-10-11-19;/h2-9,12,15,19H,10-11,13-14,16H2,1H3,(H,28,30)(H2,25,26,27);1H. The van der Waals surface area contributed by atoms with E-state index in [0.29, 0.717) is 36.7 Å². The molecule has 1 fully saturated rings. The summed E-state index contributed by atoms with van der Waals surface area (Å²) in [7, 11) is 1.71. The summed E-state index contributed by atoms with van der Waals surface area (Å²) in [6.07, 6.45) is 3.77. The first kappa shape index (κ1) is 24.6. The first-order valence-electron chi connectivity index (χ1n) is 10.6. The van der Waals surface area contributed by atoms with Crippen LogP contribution in [0.2, 0.25) is 0 Å². The normalized spacial score (nSPS) is 13.1. The fourth-order valence-electron chi connectivity index (χ4n) is 3.07. The zero-order valence-electron chi connectivity index (χ0n) is 18.4. The third-order valence-corrected chi connectivity index (χ3v) is 4.90. The highest BCUT2D eigenvalue weighted by molar-refractivity contribution is 14.0. The number of benzene rings is 2. The molecule has 0 bridgehead atoms. The molecule has 1 aliphatic carbocycles. The van der Waals surface area contributed by atoms with E-state index in [9.17, 15) is 4.79 Å². The Labute approximate surface area is 210 Å². The van der Waals surface area contributed by atoms with Gasteiger partial charge in [-0.15, -0.1) is 24.0 Å². The number of amides is 1. The Hall–Kier alpha value is -3.08. The van der Waals surface area contributed by atoms with Crippen molar-refractivity contribution in [3.05, 3.63) is 72.1 Å². The fourth-order valence-corrected chi connectivity index (χ4v) is 3.07. The number of rotatable bonds is 9. The van der Waals surface area contributed by atoms with Crippen molar-refractivity contribution in [3.63, 3.8) is 0 Å². The van der Waals surface area contributed by atoms with Gasteiger partial charge in [0.25, 0.3) is 5.91 Å². The second kappa shape index (κ2) is 12.2. The molecule has 3 N–H and O–H groups in total. The molecule has 0 radical (unpaired) electrons. The van der Waals surface area contributed by atoms with Crippen LogP contribution in [0.4, 0.5) is 0 Å². The smallest absolute Gasteiger partial charge is 0.258 e. The predicted octanol–water partition coefficient (Wildman–Crippen LogP) is 3.48. The molecule has 1 aromatic heterocycles. The van der Waals surface area contributed by atoms with Crippen LogP contribution in [-0.2, 0) is 17.9 Å². The molecule has 8 nitrogen and oxygen atoms in total. The van der Waals surface area contributed by atoms with Crippen molar-refractivity contribution in [2.75, 3.05) is 13.7 Å². The lowest BCUT2D eigenvalue weighted by molar-refractivity contribution is -0.123. The topological polar surface area (TPSA) is 101 Å². The summed E-state index contributed by atoms with van der Waals surface area (Å²) in [6.45, 7) is 1.06. The summed E-state index contributed by atoms with van der Waals surface area (Å²) < 4.78 is 11.2. The number of aromatic nitrogens is 1. The number of aliphatic imine (C=N–C) groups is 1. The molecule has 0 saturated heterocycles. The van der Waals surface area contributed by atoms with Gasteiger partial charge in [-0.2, -0.15) is 0 Å². The molecule has 0 unspecified atom stereocenters. The highest BCUT2D eigenvalue weighted by Crippen LogP contribution is 2.19. The Bertz CT molecular complexity index is 1070. The average Bonchev–Trinajstić information content (AvgIpc) is 3.51. The molecule has 1 saturated carbocycles. The van der Waals surface area contributed by atoms with Crippen molar-refractivity contribution in [1.82, 2.24) is 20.9 Å². The second-order valence-corrected chi connectivity index (χ2v) is 7.57. The van der Waals surface area contributed by atoms with Gasteiger partial charge in [-0.3, -0.25) is 9.79 Å². The number of carbonyl (C=O) groups excluding carboxylic acids is 1. The minimum atomic E-state index is -0.0797. The van der Waals surface area contributed by atoms with E-state index in [1.807, 2.05) is 54.6 Å². The van der Waals surface area contributed by atoms with Gasteiger partial charge in [0.15, 0.2) is 12.6 Å². The number of ether oxygens (including phenoxy) is 1. The number of nitrogens with zero attached hydrogens (tertiary/aromatic N) is 2. The van der Waals surface area contributed by atoms with E-state index < -0.39 is 0 Å². The Morgan fingerprint density at radius 2 is 1.91 bits per heavy atom. The molecule has 1 heterocycles. The Morgan fingerprint density at radius 1 is 1.12 bits per heavy atom. The van der Waals surface area contributed by atoms with Gasteiger partial charge in [-0.25, -0.2) is 4.98 Å². The van der Waals surface area contributed by atoms with Gasteiger partial charge in [0.2, 0.25) is 5.89 Å². The monoisotopic (exact) mass is 561 g/mol. The van der Waals surface area contributed by atoms with Crippen LogP contribution in [0.5, 0.6) is 5.75 Å². The number of carbonyl (C=O) groups is 1. The molecule has 1 aliphatic rings. The molecule has 3 aromatic rings. The molecule has 0 atom stereocenters. The van der Waals surface area contributed by atoms with Gasteiger partial charge < -0.3 is 25.1 Å². The van der Waals surface area contributed by atoms with Gasteiger partial charge in [-0.05, 0) is 42.7 Å². The van der Waals surface area contributed by atoms with Crippen LogP contribution in [0.15, 0.2) is 70.3 Å². The van der Waals surface area contributed by atoms with E-state index in [0.717, 1.165) is 29.7 Å². The third kappa shape index (κ3) is 7.77. The maximum atomic E-state index is 11.8. The first-order chi connectivity index (χ1) is 15.7. The lowest BCUT2D eigenvalue weighted by Crippen LogP contribution is -2.36. The van der Waals surface area contributed by atoms with Gasteiger partial charge in [-0.1, -0.05) is 30.3 Å². The van der Waals surface area contributed by atoms with Crippen LogP contribution >= 0.6 is 24.0 Å². The van der Waals surface area contributed by atoms with Gasteiger partial charge in [0.05, 0.1) is 12.2 Å². The zero-order valence-corrected chi connectivity index (χ0v) is 20.7. The van der Waals surface area contributed by atoms with Crippen molar-refractivity contribution in [3.8, 4) is 17.2 Å². The number of halogens is 1. The van der Waals surface area contributed by atoms with Crippen molar-refractivity contribution in [2.45, 2.75) is 32.0 Å². The molecule has 33 heavy (non-hydrogen) atoms. The lowest BCUT2D eigenvalue weighted by Gasteiger charge is -2.12. The average molecular weight is 561 g/mol. The minimum absolute atomic E-state index is 0. The fraction of sp³-hybridized carbons (Fsp3) is 0.292. The van der Waals surface area contributed by atoms with Crippen molar-refractivity contribution < 1.29 is 13.9 Å². The zero-order chi connectivity index (χ0) is 22.2. The van der Waals surface area contributed by atoms with E-state index in [1.165, 1.54) is 0 Å². The Morgan fingerprint density at radius 3 is 2.67 bits per heavy atom. The predicted molar refractivity (Wildman–Crippen MR) is 137 cm³/mol. The highest BCUT2D eigenvalue weighted by atomic mass is 127. The number of guanidine groups is 1. The summed E-state index contributed by atoms with van der Waals surface area (Å²) in [4.78, 5) is 20.6. The van der Waals surface area contributed by atoms with E-state index >= 15 is 0 Å². The molecular weight excluding hydrogens is 533 g/mol. The Kier molecular flexibility index (Phi) is 9.11. The van der Waals surface area contributed by atoms with Crippen LogP contribution in [0.1, 0.15) is 24.1 Å². The summed E-state index contributed by atoms with van der Waals surface area (Å²) >= 11 is 0. The van der Waals surface area contributed by atoms with Crippen LogP contribution in [-0.4, -0.2) is 36.5 Å². The molecule has 9 heteroatoms. The highest BCUT2D eigenvalue weighted by Gasteiger charge is 2.23. The van der Waals surface area contributed by atoms with Gasteiger partial charge in [0.1, 0.15) is 12.0 Å². The quantitative estimate of drug-likeness (QED) is 0.210. The Balaban J connectivity index is 0.00000306. The molecule has 0 aliphatic heterocycles. The number of hydrogen-bond donors (Lipinski definition) is 3. The van der Waals surface area contributed by atoms with Crippen molar-refractivity contribution in [1.29, 1.82) is 0 Å². The van der Waals surface area contributed by atoms with Crippen LogP contribution in [0.25, 0.3) is 11.5 Å². The summed E-state index contributed by atoms with van der Waals surface area (Å²) in [5.41, 5.74) is 2.74. The third-order valence-electron chi connectivity index (χ3n) is 4.90. The number of hydrogen-bond acceptors (Lipinski definition) is 5. The SMILES string of the molecule is CN=C(NCc1cccc(OCC(=O)NC2CC2)c1)NCc1coc(-c2ccccc2)n1.I. The number of oxazole rings is 1. The van der Waals surface area contributed by atoms with Crippen LogP contribution in [0.3, 0.4) is 0 Å². The number of nitrogens with one attached hydrogen (secondary N) is 3. The lowest BCUT2D eigenvalue weighted by atomic mass is 10.2. The van der Waals surface area contributed by atoms with Crippen molar-refractivity contribution >= 4 is 35.8 Å². The maximum absolute atomic E-state index is 11.8.